The summed E-state index contributed by atoms with van der Waals surface area (Å²) >= 11 is 0. The zero-order chi connectivity index (χ0) is 4.41. The molecule has 0 saturated carbocycles. The Kier molecular flexibility index (Phi) is 0.675. The van der Waals surface area contributed by atoms with Crippen LogP contribution in [0.25, 0.3) is 0 Å². The summed E-state index contributed by atoms with van der Waals surface area (Å²) in [6.07, 6.45) is 6.87. The van der Waals surface area contributed by atoms with Gasteiger partial charge < -0.3 is 5.73 Å². The Morgan fingerprint density at radius 3 is 2.67 bits per heavy atom. The summed E-state index contributed by atoms with van der Waals surface area (Å²) in [5.74, 6) is 0. The maximum atomic E-state index is 5.33. The van der Waals surface area contributed by atoms with Crippen molar-refractivity contribution >= 4 is 0 Å². The van der Waals surface area contributed by atoms with Gasteiger partial charge in [0.2, 0.25) is 0 Å². The van der Waals surface area contributed by atoms with Crippen molar-refractivity contribution < 1.29 is 0 Å². The van der Waals surface area contributed by atoms with E-state index in [9.17, 15) is 0 Å². The Balaban J connectivity index is 2.61. The van der Waals surface area contributed by atoms with Crippen LogP contribution in [0.3, 0.4) is 0 Å². The highest BCUT2D eigenvalue weighted by molar-refractivity contribution is 5.19. The SMILES string of the molecule is NC1=CC=CC1. The third-order valence-electron chi connectivity index (χ3n) is 0.800. The second-order valence-electron chi connectivity index (χ2n) is 1.37. The maximum Gasteiger partial charge on any atom is 0.0119 e. The van der Waals surface area contributed by atoms with Gasteiger partial charge in [0, 0.05) is 12.1 Å². The fourth-order valence-electron chi connectivity index (χ4n) is 0.464. The van der Waals surface area contributed by atoms with Crippen LogP contribution < -0.4 is 5.73 Å². The van der Waals surface area contributed by atoms with E-state index in [4.69, 9.17) is 5.73 Å². The zero-order valence-corrected chi connectivity index (χ0v) is 3.52. The molecule has 0 amide bonds. The highest BCUT2D eigenvalue weighted by Crippen LogP contribution is 2.01. The van der Waals surface area contributed by atoms with Crippen LogP contribution in [0.15, 0.2) is 23.9 Å². The van der Waals surface area contributed by atoms with Gasteiger partial charge in [0.15, 0.2) is 0 Å². The molecular formula is C5H7N. The van der Waals surface area contributed by atoms with E-state index in [0.717, 1.165) is 12.1 Å². The zero-order valence-electron chi connectivity index (χ0n) is 3.52. The van der Waals surface area contributed by atoms with Crippen molar-refractivity contribution in [2.45, 2.75) is 6.42 Å². The highest BCUT2D eigenvalue weighted by atomic mass is 14.6. The molecule has 0 radical (unpaired) electrons. The predicted octanol–water partition coefficient (Wildman–Crippen LogP) is 0.789. The molecule has 6 heavy (non-hydrogen) atoms. The van der Waals surface area contributed by atoms with E-state index in [1.807, 2.05) is 18.2 Å². The van der Waals surface area contributed by atoms with Gasteiger partial charge in [-0.3, -0.25) is 0 Å². The first-order valence-electron chi connectivity index (χ1n) is 2.01. The molecule has 2 N–H and O–H groups in total. The van der Waals surface area contributed by atoms with E-state index in [2.05, 4.69) is 0 Å². The lowest BCUT2D eigenvalue weighted by Crippen LogP contribution is -1.89. The normalized spacial score (nSPS) is 18.3. The van der Waals surface area contributed by atoms with Crippen LogP contribution in [0.5, 0.6) is 0 Å². The van der Waals surface area contributed by atoms with Crippen molar-refractivity contribution in [1.82, 2.24) is 0 Å². The summed E-state index contributed by atoms with van der Waals surface area (Å²) in [7, 11) is 0. The molecule has 0 aromatic carbocycles. The number of allylic oxidation sites excluding steroid dienone is 3. The quantitative estimate of drug-likeness (QED) is 0.458. The standard InChI is InChI=1S/C5H7N/c6-5-3-1-2-4-5/h1-3H,4,6H2. The van der Waals surface area contributed by atoms with Gasteiger partial charge in [-0.05, 0) is 6.08 Å². The first kappa shape index (κ1) is 3.47. The molecule has 1 heteroatoms. The van der Waals surface area contributed by atoms with Crippen molar-refractivity contribution in [2.75, 3.05) is 0 Å². The predicted molar refractivity (Wildman–Crippen MR) is 26.0 cm³/mol. The monoisotopic (exact) mass is 81.1 g/mol. The van der Waals surface area contributed by atoms with Gasteiger partial charge in [-0.15, -0.1) is 0 Å². The van der Waals surface area contributed by atoms with Crippen LogP contribution in [0.4, 0.5) is 0 Å². The van der Waals surface area contributed by atoms with Crippen molar-refractivity contribution in [3.05, 3.63) is 23.9 Å². The Hall–Kier alpha value is -0.720. The third kappa shape index (κ3) is 0.432. The minimum absolute atomic E-state index is 0.944. The number of rotatable bonds is 0. The largest absolute Gasteiger partial charge is 0.402 e. The van der Waals surface area contributed by atoms with E-state index in [1.165, 1.54) is 0 Å². The van der Waals surface area contributed by atoms with Crippen LogP contribution in [0, 0.1) is 0 Å². The average molecular weight is 81.1 g/mol. The second-order valence-corrected chi connectivity index (χ2v) is 1.37. The molecule has 0 heterocycles. The molecule has 1 aliphatic carbocycles. The number of hydrogen-bond acceptors (Lipinski definition) is 1. The van der Waals surface area contributed by atoms with Crippen LogP contribution in [0.2, 0.25) is 0 Å². The molecule has 1 rings (SSSR count). The van der Waals surface area contributed by atoms with E-state index in [1.54, 1.807) is 0 Å². The molecule has 0 unspecified atom stereocenters. The number of nitrogens with two attached hydrogens (primary N) is 1. The van der Waals surface area contributed by atoms with Crippen molar-refractivity contribution in [3.8, 4) is 0 Å². The third-order valence-corrected chi connectivity index (χ3v) is 0.800. The molecule has 1 nitrogen and oxygen atoms in total. The van der Waals surface area contributed by atoms with E-state index in [0.29, 0.717) is 0 Å². The van der Waals surface area contributed by atoms with Crippen LogP contribution in [-0.2, 0) is 0 Å². The summed E-state index contributed by atoms with van der Waals surface area (Å²) in [6, 6.07) is 0. The van der Waals surface area contributed by atoms with E-state index >= 15 is 0 Å². The molecular weight excluding hydrogens is 74.1 g/mol. The fourth-order valence-corrected chi connectivity index (χ4v) is 0.464. The summed E-state index contributed by atoms with van der Waals surface area (Å²) < 4.78 is 0. The van der Waals surface area contributed by atoms with Gasteiger partial charge in [0.1, 0.15) is 0 Å². The van der Waals surface area contributed by atoms with Crippen LogP contribution in [-0.4, -0.2) is 0 Å². The van der Waals surface area contributed by atoms with Crippen molar-refractivity contribution in [3.63, 3.8) is 0 Å². The first-order valence-corrected chi connectivity index (χ1v) is 2.01. The minimum Gasteiger partial charge on any atom is -0.402 e. The molecule has 0 spiro atoms. The minimum atomic E-state index is 0.944. The number of hydrogen-bond donors (Lipinski definition) is 1. The summed E-state index contributed by atoms with van der Waals surface area (Å²) in [6.45, 7) is 0. The molecule has 0 atom stereocenters. The van der Waals surface area contributed by atoms with Gasteiger partial charge in [0.25, 0.3) is 0 Å². The summed E-state index contributed by atoms with van der Waals surface area (Å²) in [4.78, 5) is 0. The van der Waals surface area contributed by atoms with Gasteiger partial charge in [-0.25, -0.2) is 0 Å². The molecule has 1 aliphatic rings. The van der Waals surface area contributed by atoms with Gasteiger partial charge >= 0.3 is 0 Å². The lowest BCUT2D eigenvalue weighted by molar-refractivity contribution is 1.20. The lowest BCUT2D eigenvalue weighted by atomic mass is 10.4. The van der Waals surface area contributed by atoms with E-state index in [-0.39, 0.29) is 0 Å². The molecule has 0 saturated heterocycles. The smallest absolute Gasteiger partial charge is 0.0119 e. The molecule has 0 fully saturated rings. The average Bonchev–Trinajstić information content (AvgIpc) is 1.86. The Bertz CT molecular complexity index is 101. The molecule has 0 bridgehead atoms. The maximum absolute atomic E-state index is 5.33. The highest BCUT2D eigenvalue weighted by Gasteiger charge is 1.86. The molecule has 0 aromatic rings. The summed E-state index contributed by atoms with van der Waals surface area (Å²) in [5.41, 5.74) is 6.30. The first-order chi connectivity index (χ1) is 2.89. The van der Waals surface area contributed by atoms with Crippen LogP contribution >= 0.6 is 0 Å². The fraction of sp³-hybridized carbons (Fsp3) is 0.200. The van der Waals surface area contributed by atoms with Gasteiger partial charge in [-0.2, -0.15) is 0 Å². The second kappa shape index (κ2) is 1.17. The Labute approximate surface area is 37.2 Å². The lowest BCUT2D eigenvalue weighted by Gasteiger charge is -1.80. The van der Waals surface area contributed by atoms with Gasteiger partial charge in [0.05, 0.1) is 0 Å². The van der Waals surface area contributed by atoms with E-state index < -0.39 is 0 Å². The van der Waals surface area contributed by atoms with Gasteiger partial charge in [-0.1, -0.05) is 12.2 Å². The van der Waals surface area contributed by atoms with Crippen molar-refractivity contribution in [1.29, 1.82) is 0 Å². The Morgan fingerprint density at radius 2 is 2.50 bits per heavy atom. The van der Waals surface area contributed by atoms with Crippen molar-refractivity contribution in [2.24, 2.45) is 5.73 Å². The molecule has 0 aliphatic heterocycles. The Morgan fingerprint density at radius 1 is 1.67 bits per heavy atom. The topological polar surface area (TPSA) is 26.0 Å². The molecule has 0 aromatic heterocycles. The summed E-state index contributed by atoms with van der Waals surface area (Å²) in [5, 5.41) is 0. The van der Waals surface area contributed by atoms with Crippen LogP contribution in [0.1, 0.15) is 6.42 Å². The molecule has 32 valence electrons.